The van der Waals surface area contributed by atoms with E-state index in [1.165, 1.54) is 0 Å². The second kappa shape index (κ2) is 7.99. The summed E-state index contributed by atoms with van der Waals surface area (Å²) in [5.74, 6) is 0.885. The third-order valence-corrected chi connectivity index (χ3v) is 3.58. The molecule has 1 heterocycles. The van der Waals surface area contributed by atoms with Crippen molar-refractivity contribution < 1.29 is 4.74 Å². The molecule has 3 heteroatoms. The topological polar surface area (TPSA) is 34.1 Å². The second-order valence-electron chi connectivity index (χ2n) is 5.53. The number of benzene rings is 1. The van der Waals surface area contributed by atoms with Gasteiger partial charge in [-0.1, -0.05) is 38.5 Å². The van der Waals surface area contributed by atoms with Gasteiger partial charge in [-0.05, 0) is 38.4 Å². The normalized spacial score (nSPS) is 12.5. The number of para-hydroxylation sites is 1. The largest absolute Gasteiger partial charge is 0.490 e. The van der Waals surface area contributed by atoms with Gasteiger partial charge in [0, 0.05) is 17.1 Å². The van der Waals surface area contributed by atoms with Gasteiger partial charge in [0.25, 0.3) is 0 Å². The lowest BCUT2D eigenvalue weighted by atomic mass is 10.1. The molecule has 0 aliphatic heterocycles. The van der Waals surface area contributed by atoms with E-state index in [0.29, 0.717) is 12.6 Å². The molecule has 1 N–H and O–H groups in total. The van der Waals surface area contributed by atoms with Crippen molar-refractivity contribution in [1.29, 1.82) is 0 Å². The van der Waals surface area contributed by atoms with E-state index >= 15 is 0 Å². The van der Waals surface area contributed by atoms with Gasteiger partial charge in [0.05, 0.1) is 0 Å². The van der Waals surface area contributed by atoms with Crippen LogP contribution in [0.4, 0.5) is 0 Å². The smallest absolute Gasteiger partial charge is 0.145 e. The van der Waals surface area contributed by atoms with Gasteiger partial charge in [0.1, 0.15) is 17.9 Å². The fourth-order valence-electron chi connectivity index (χ4n) is 2.47. The number of fused-ring (bicyclic) bond motifs is 1. The summed E-state index contributed by atoms with van der Waals surface area (Å²) >= 11 is 0. The zero-order valence-electron chi connectivity index (χ0n) is 13.4. The highest BCUT2D eigenvalue weighted by atomic mass is 16.5. The molecular formula is C18H26N2O. The molecule has 1 unspecified atom stereocenters. The number of nitrogens with one attached hydrogen (secondary N) is 1. The van der Waals surface area contributed by atoms with Gasteiger partial charge < -0.3 is 10.1 Å². The zero-order chi connectivity index (χ0) is 15.1. The van der Waals surface area contributed by atoms with Crippen molar-refractivity contribution in [2.24, 2.45) is 0 Å². The first-order chi connectivity index (χ1) is 10.2. The number of hydrogen-bond acceptors (Lipinski definition) is 3. The highest BCUT2D eigenvalue weighted by Gasteiger charge is 2.09. The maximum Gasteiger partial charge on any atom is 0.145 e. The highest BCUT2D eigenvalue weighted by Crippen LogP contribution is 2.24. The van der Waals surface area contributed by atoms with E-state index in [-0.39, 0.29) is 0 Å². The quantitative estimate of drug-likeness (QED) is 0.793. The standard InChI is InChI=1S/C18H26N2O/c1-4-7-16(19-12-5-2)13-21-17-9-6-8-15-11-10-14(3)20-18(15)17/h6,8-11,16,19H,4-5,7,12-13H2,1-3H3. The van der Waals surface area contributed by atoms with Crippen LogP contribution in [0.15, 0.2) is 30.3 Å². The van der Waals surface area contributed by atoms with Crippen LogP contribution < -0.4 is 10.1 Å². The van der Waals surface area contributed by atoms with Gasteiger partial charge in [0.2, 0.25) is 0 Å². The number of ether oxygens (including phenoxy) is 1. The summed E-state index contributed by atoms with van der Waals surface area (Å²) in [6, 6.07) is 10.7. The number of aryl methyl sites for hydroxylation is 1. The first kappa shape index (κ1) is 15.8. The lowest BCUT2D eigenvalue weighted by molar-refractivity contribution is 0.258. The molecule has 0 fully saturated rings. The molecule has 0 spiro atoms. The molecule has 2 aromatic rings. The van der Waals surface area contributed by atoms with Crippen molar-refractivity contribution in [3.8, 4) is 5.75 Å². The molecular weight excluding hydrogens is 260 g/mol. The highest BCUT2D eigenvalue weighted by molar-refractivity contribution is 5.84. The van der Waals surface area contributed by atoms with Crippen LogP contribution in [0.25, 0.3) is 10.9 Å². The SMILES string of the molecule is CCCNC(CCC)COc1cccc2ccc(C)nc12. The number of hydrogen-bond donors (Lipinski definition) is 1. The Morgan fingerprint density at radius 3 is 2.76 bits per heavy atom. The van der Waals surface area contributed by atoms with E-state index in [1.54, 1.807) is 0 Å². The summed E-state index contributed by atoms with van der Waals surface area (Å²) in [4.78, 5) is 4.62. The number of aromatic nitrogens is 1. The number of pyridine rings is 1. The van der Waals surface area contributed by atoms with Gasteiger partial charge >= 0.3 is 0 Å². The van der Waals surface area contributed by atoms with Crippen LogP contribution >= 0.6 is 0 Å². The summed E-state index contributed by atoms with van der Waals surface area (Å²) in [6.07, 6.45) is 3.45. The summed E-state index contributed by atoms with van der Waals surface area (Å²) < 4.78 is 6.06. The summed E-state index contributed by atoms with van der Waals surface area (Å²) in [5, 5.41) is 4.69. The molecule has 21 heavy (non-hydrogen) atoms. The predicted octanol–water partition coefficient (Wildman–Crippen LogP) is 4.09. The molecule has 0 saturated heterocycles. The molecule has 0 aliphatic rings. The van der Waals surface area contributed by atoms with E-state index < -0.39 is 0 Å². The lowest BCUT2D eigenvalue weighted by Crippen LogP contribution is -2.35. The molecule has 114 valence electrons. The van der Waals surface area contributed by atoms with Crippen LogP contribution in [0.3, 0.4) is 0 Å². The van der Waals surface area contributed by atoms with Crippen LogP contribution in [0.2, 0.25) is 0 Å². The summed E-state index contributed by atoms with van der Waals surface area (Å²) in [5.41, 5.74) is 1.98. The fourth-order valence-corrected chi connectivity index (χ4v) is 2.47. The van der Waals surface area contributed by atoms with Gasteiger partial charge in [-0.25, -0.2) is 4.98 Å². The van der Waals surface area contributed by atoms with Crippen LogP contribution in [0.5, 0.6) is 5.75 Å². The Bertz CT molecular complexity index is 568. The van der Waals surface area contributed by atoms with Crippen LogP contribution in [-0.4, -0.2) is 24.2 Å². The minimum Gasteiger partial charge on any atom is -0.490 e. The molecule has 0 radical (unpaired) electrons. The van der Waals surface area contributed by atoms with Crippen LogP contribution in [0.1, 0.15) is 38.8 Å². The van der Waals surface area contributed by atoms with E-state index in [2.05, 4.69) is 36.3 Å². The first-order valence-electron chi connectivity index (χ1n) is 7.97. The first-order valence-corrected chi connectivity index (χ1v) is 7.97. The van der Waals surface area contributed by atoms with Crippen molar-refractivity contribution in [3.05, 3.63) is 36.0 Å². The molecule has 1 aromatic carbocycles. The molecule has 1 atom stereocenters. The number of rotatable bonds is 8. The van der Waals surface area contributed by atoms with Gasteiger partial charge in [-0.3, -0.25) is 0 Å². The minimum absolute atomic E-state index is 0.412. The second-order valence-corrected chi connectivity index (χ2v) is 5.53. The third-order valence-electron chi connectivity index (χ3n) is 3.58. The van der Waals surface area contributed by atoms with Crippen LogP contribution in [0, 0.1) is 6.92 Å². The maximum absolute atomic E-state index is 6.06. The Kier molecular flexibility index (Phi) is 6.00. The van der Waals surface area contributed by atoms with Crippen molar-refractivity contribution in [3.63, 3.8) is 0 Å². The Morgan fingerprint density at radius 2 is 2.00 bits per heavy atom. The van der Waals surface area contributed by atoms with E-state index in [1.807, 2.05) is 25.1 Å². The van der Waals surface area contributed by atoms with Gasteiger partial charge in [-0.15, -0.1) is 0 Å². The maximum atomic E-state index is 6.06. The predicted molar refractivity (Wildman–Crippen MR) is 89.0 cm³/mol. The average Bonchev–Trinajstić information content (AvgIpc) is 2.50. The zero-order valence-corrected chi connectivity index (χ0v) is 13.4. The summed E-state index contributed by atoms with van der Waals surface area (Å²) in [7, 11) is 0. The average molecular weight is 286 g/mol. The van der Waals surface area contributed by atoms with E-state index in [9.17, 15) is 0 Å². The van der Waals surface area contributed by atoms with Crippen molar-refractivity contribution >= 4 is 10.9 Å². The monoisotopic (exact) mass is 286 g/mol. The Labute approximate surface area is 127 Å². The van der Waals surface area contributed by atoms with Gasteiger partial charge in [0.15, 0.2) is 0 Å². The summed E-state index contributed by atoms with van der Waals surface area (Å²) in [6.45, 7) is 8.15. The van der Waals surface area contributed by atoms with Crippen LogP contribution in [-0.2, 0) is 0 Å². The van der Waals surface area contributed by atoms with E-state index in [4.69, 9.17) is 4.74 Å². The van der Waals surface area contributed by atoms with E-state index in [0.717, 1.165) is 48.2 Å². The van der Waals surface area contributed by atoms with Crippen molar-refractivity contribution in [1.82, 2.24) is 10.3 Å². The molecule has 0 bridgehead atoms. The fraction of sp³-hybridized carbons (Fsp3) is 0.500. The molecule has 3 nitrogen and oxygen atoms in total. The molecule has 1 aromatic heterocycles. The molecule has 0 amide bonds. The number of nitrogens with zero attached hydrogens (tertiary/aromatic N) is 1. The lowest BCUT2D eigenvalue weighted by Gasteiger charge is -2.19. The van der Waals surface area contributed by atoms with Gasteiger partial charge in [-0.2, -0.15) is 0 Å². The minimum atomic E-state index is 0.412. The Balaban J connectivity index is 2.09. The Morgan fingerprint density at radius 1 is 1.14 bits per heavy atom. The van der Waals surface area contributed by atoms with Crippen molar-refractivity contribution in [2.75, 3.05) is 13.2 Å². The third kappa shape index (κ3) is 4.43. The van der Waals surface area contributed by atoms with Crippen molar-refractivity contribution in [2.45, 2.75) is 46.1 Å². The molecule has 0 saturated carbocycles. The Hall–Kier alpha value is -1.61. The molecule has 2 rings (SSSR count). The molecule has 0 aliphatic carbocycles.